The Morgan fingerprint density at radius 3 is 2.78 bits per heavy atom. The number of pyridine rings is 1. The number of nitriles is 2. The Morgan fingerprint density at radius 2 is 2.08 bits per heavy atom. The number of nitrogens with zero attached hydrogens (tertiary/aromatic N) is 7. The molecule has 0 saturated carbocycles. The number of β-amino-alcohol motifs (C(OH)–C–C–N with tert-alkyl or cyclic N) is 1. The van der Waals surface area contributed by atoms with E-state index in [1.807, 2.05) is 11.0 Å². The molecule has 4 aromatic rings. The fourth-order valence-electron chi connectivity index (χ4n) is 3.83. The van der Waals surface area contributed by atoms with Gasteiger partial charge in [0.2, 0.25) is 5.88 Å². The van der Waals surface area contributed by atoms with Gasteiger partial charge in [-0.15, -0.1) is 0 Å². The van der Waals surface area contributed by atoms with E-state index < -0.39 is 18.1 Å². The number of anilines is 1. The molecule has 184 valence electrons. The van der Waals surface area contributed by atoms with Crippen LogP contribution < -0.4 is 10.1 Å². The third-order valence-corrected chi connectivity index (χ3v) is 6.00. The summed E-state index contributed by atoms with van der Waals surface area (Å²) in [5.41, 5.74) is 1.28. The molecule has 4 heterocycles. The molecule has 37 heavy (non-hydrogen) atoms. The van der Waals surface area contributed by atoms with Crippen LogP contribution in [0.4, 0.5) is 5.82 Å². The number of benzene rings is 1. The number of aromatic nitrogens is 5. The molecule has 1 amide bonds. The average Bonchev–Trinajstić information content (AvgIpc) is 3.36. The fraction of sp³-hybridized carbons (Fsp3) is 0.208. The quantitative estimate of drug-likeness (QED) is 0.329. The zero-order valence-electron chi connectivity index (χ0n) is 19.1. The summed E-state index contributed by atoms with van der Waals surface area (Å²) in [5, 5.41) is 38.4. The van der Waals surface area contributed by atoms with Gasteiger partial charge in [-0.05, 0) is 24.3 Å². The van der Waals surface area contributed by atoms with E-state index in [9.17, 15) is 15.2 Å². The minimum atomic E-state index is -1.06. The molecule has 1 aromatic carbocycles. The molecule has 0 bridgehead atoms. The minimum absolute atomic E-state index is 0.0616. The van der Waals surface area contributed by atoms with Crippen LogP contribution in [0.2, 0.25) is 5.02 Å². The highest BCUT2D eigenvalue weighted by atomic mass is 35.5. The predicted octanol–water partition coefficient (Wildman–Crippen LogP) is 1.87. The third kappa shape index (κ3) is 5.03. The summed E-state index contributed by atoms with van der Waals surface area (Å²) in [6, 6.07) is 12.0. The van der Waals surface area contributed by atoms with E-state index in [4.69, 9.17) is 21.6 Å². The first-order chi connectivity index (χ1) is 17.9. The highest BCUT2D eigenvalue weighted by Gasteiger charge is 2.32. The molecule has 5 rings (SSSR count). The summed E-state index contributed by atoms with van der Waals surface area (Å²) in [5.74, 6) is -0.0774. The standard InChI is InChI=1S/C24H18ClN9O3/c25-17-3-1-2-14(7-27)20(17)22-31-21-16(9-29-33-21)24(32-22)37-18(12-34-10-15(35)11-34)23(36)30-19-5-4-13(6-26)8-28-19/h1-5,8-9,15,18,35H,10-12H2,(H,28,30,36)(H,29,31,32,33)/t18-/m0/s1. The van der Waals surface area contributed by atoms with Crippen molar-refractivity contribution < 1.29 is 14.6 Å². The second kappa shape index (κ2) is 10.2. The molecular weight excluding hydrogens is 498 g/mol. The monoisotopic (exact) mass is 515 g/mol. The Balaban J connectivity index is 1.49. The van der Waals surface area contributed by atoms with Crippen molar-refractivity contribution in [2.45, 2.75) is 12.2 Å². The summed E-state index contributed by atoms with van der Waals surface area (Å²) in [7, 11) is 0. The van der Waals surface area contributed by atoms with E-state index in [-0.39, 0.29) is 34.7 Å². The minimum Gasteiger partial charge on any atom is -0.462 e. The second-order valence-electron chi connectivity index (χ2n) is 8.27. The maximum Gasteiger partial charge on any atom is 0.268 e. The van der Waals surface area contributed by atoms with Crippen molar-refractivity contribution in [3.63, 3.8) is 0 Å². The van der Waals surface area contributed by atoms with Crippen LogP contribution >= 0.6 is 11.6 Å². The predicted molar refractivity (Wildman–Crippen MR) is 131 cm³/mol. The first-order valence-corrected chi connectivity index (χ1v) is 11.5. The SMILES string of the molecule is N#Cc1ccc(NC(=O)[C@H](CN2CC(O)C2)Oc2nc(-c3c(Cl)cccc3C#N)nc3[nH]ncc23)nc1. The van der Waals surface area contributed by atoms with Crippen molar-refractivity contribution in [1.29, 1.82) is 10.5 Å². The highest BCUT2D eigenvalue weighted by molar-refractivity contribution is 6.33. The van der Waals surface area contributed by atoms with Crippen molar-refractivity contribution in [3.8, 4) is 29.4 Å². The Bertz CT molecular complexity index is 1550. The van der Waals surface area contributed by atoms with Gasteiger partial charge in [-0.1, -0.05) is 17.7 Å². The Morgan fingerprint density at radius 1 is 1.24 bits per heavy atom. The number of hydrogen-bond acceptors (Lipinski definition) is 10. The van der Waals surface area contributed by atoms with Gasteiger partial charge in [0.25, 0.3) is 5.91 Å². The lowest BCUT2D eigenvalue weighted by molar-refractivity contribution is -0.125. The van der Waals surface area contributed by atoms with Gasteiger partial charge in [-0.2, -0.15) is 20.6 Å². The zero-order valence-corrected chi connectivity index (χ0v) is 19.8. The van der Waals surface area contributed by atoms with Crippen LogP contribution in [0.5, 0.6) is 5.88 Å². The summed E-state index contributed by atoms with van der Waals surface area (Å²) in [6.07, 6.45) is 1.28. The second-order valence-corrected chi connectivity index (χ2v) is 8.68. The fourth-order valence-corrected chi connectivity index (χ4v) is 4.09. The van der Waals surface area contributed by atoms with E-state index in [1.165, 1.54) is 24.5 Å². The molecule has 1 aliphatic rings. The molecule has 1 atom stereocenters. The number of H-pyrrole nitrogens is 1. The topological polar surface area (TPSA) is 177 Å². The number of likely N-dealkylation sites (tertiary alicyclic amines) is 1. The number of nitrogens with one attached hydrogen (secondary N) is 2. The number of rotatable bonds is 7. The van der Waals surface area contributed by atoms with Gasteiger partial charge in [-0.3, -0.25) is 14.8 Å². The van der Waals surface area contributed by atoms with Crippen LogP contribution in [-0.4, -0.2) is 72.9 Å². The molecule has 0 spiro atoms. The van der Waals surface area contributed by atoms with E-state index in [2.05, 4.69) is 36.5 Å². The van der Waals surface area contributed by atoms with E-state index >= 15 is 0 Å². The molecule has 0 radical (unpaired) electrons. The first kappa shape index (κ1) is 24.1. The number of carbonyl (C=O) groups is 1. The summed E-state index contributed by atoms with van der Waals surface area (Å²) < 4.78 is 6.13. The van der Waals surface area contributed by atoms with Crippen LogP contribution in [0.15, 0.2) is 42.7 Å². The maximum absolute atomic E-state index is 13.3. The molecule has 3 N–H and O–H groups in total. The number of carbonyl (C=O) groups excluding carboxylic acids is 1. The number of aliphatic hydroxyl groups excluding tert-OH is 1. The van der Waals surface area contributed by atoms with Gasteiger partial charge in [0, 0.05) is 25.8 Å². The molecule has 3 aromatic heterocycles. The van der Waals surface area contributed by atoms with Gasteiger partial charge < -0.3 is 15.2 Å². The van der Waals surface area contributed by atoms with Gasteiger partial charge in [0.05, 0.1) is 40.1 Å². The number of aromatic amines is 1. The van der Waals surface area contributed by atoms with E-state index in [0.29, 0.717) is 35.2 Å². The van der Waals surface area contributed by atoms with Crippen molar-refractivity contribution in [2.24, 2.45) is 0 Å². The van der Waals surface area contributed by atoms with Crippen molar-refractivity contribution in [1.82, 2.24) is 30.0 Å². The molecule has 0 unspecified atom stereocenters. The van der Waals surface area contributed by atoms with Gasteiger partial charge >= 0.3 is 0 Å². The number of aliphatic hydroxyl groups is 1. The molecule has 13 heteroatoms. The molecule has 1 fully saturated rings. The van der Waals surface area contributed by atoms with Gasteiger partial charge in [0.1, 0.15) is 17.3 Å². The Labute approximate surface area is 215 Å². The normalized spacial score (nSPS) is 14.4. The first-order valence-electron chi connectivity index (χ1n) is 11.1. The van der Waals surface area contributed by atoms with Crippen molar-refractivity contribution >= 4 is 34.4 Å². The lowest BCUT2D eigenvalue weighted by atomic mass is 10.1. The van der Waals surface area contributed by atoms with Crippen LogP contribution in [-0.2, 0) is 4.79 Å². The number of halogens is 1. The largest absolute Gasteiger partial charge is 0.462 e. The summed E-state index contributed by atoms with van der Waals surface area (Å²) in [6.45, 7) is 0.945. The van der Waals surface area contributed by atoms with Crippen LogP contribution in [0, 0.1) is 22.7 Å². The number of amides is 1. The van der Waals surface area contributed by atoms with Crippen LogP contribution in [0.25, 0.3) is 22.4 Å². The number of fused-ring (bicyclic) bond motifs is 1. The maximum atomic E-state index is 13.3. The smallest absolute Gasteiger partial charge is 0.268 e. The van der Waals surface area contributed by atoms with E-state index in [0.717, 1.165) is 0 Å². The molecular formula is C24H18ClN9O3. The molecule has 1 saturated heterocycles. The molecule has 12 nitrogen and oxygen atoms in total. The van der Waals surface area contributed by atoms with Crippen LogP contribution in [0.3, 0.4) is 0 Å². The zero-order chi connectivity index (χ0) is 25.9. The van der Waals surface area contributed by atoms with Gasteiger partial charge in [0.15, 0.2) is 17.6 Å². The Kier molecular flexibility index (Phi) is 6.62. The third-order valence-electron chi connectivity index (χ3n) is 5.68. The van der Waals surface area contributed by atoms with Crippen molar-refractivity contribution in [3.05, 3.63) is 58.9 Å². The Hall–Kier alpha value is -4.62. The van der Waals surface area contributed by atoms with Crippen LogP contribution in [0.1, 0.15) is 11.1 Å². The van der Waals surface area contributed by atoms with E-state index in [1.54, 1.807) is 18.2 Å². The lowest BCUT2D eigenvalue weighted by Gasteiger charge is -2.37. The summed E-state index contributed by atoms with van der Waals surface area (Å²) >= 11 is 6.38. The van der Waals surface area contributed by atoms with Gasteiger partial charge in [-0.25, -0.2) is 9.97 Å². The lowest BCUT2D eigenvalue weighted by Crippen LogP contribution is -2.55. The highest BCUT2D eigenvalue weighted by Crippen LogP contribution is 2.32. The number of ether oxygens (including phenoxy) is 1. The molecule has 1 aliphatic heterocycles. The summed E-state index contributed by atoms with van der Waals surface area (Å²) in [4.78, 5) is 28.1. The number of hydrogen-bond donors (Lipinski definition) is 3. The average molecular weight is 516 g/mol. The molecule has 0 aliphatic carbocycles. The van der Waals surface area contributed by atoms with Crippen molar-refractivity contribution in [2.75, 3.05) is 25.0 Å².